The van der Waals surface area contributed by atoms with Gasteiger partial charge in [0.2, 0.25) is 0 Å². The van der Waals surface area contributed by atoms with Gasteiger partial charge in [-0.3, -0.25) is 4.99 Å². The Morgan fingerprint density at radius 2 is 2.20 bits per heavy atom. The van der Waals surface area contributed by atoms with E-state index < -0.39 is 0 Å². The largest absolute Gasteiger partial charge is 0.365 e. The van der Waals surface area contributed by atoms with Gasteiger partial charge >= 0.3 is 0 Å². The van der Waals surface area contributed by atoms with Gasteiger partial charge in [0, 0.05) is 11.8 Å². The smallest absolute Gasteiger partial charge is 0.156 e. The molecule has 0 radical (unpaired) electrons. The topological polar surface area (TPSA) is 24.4 Å². The highest BCUT2D eigenvalue weighted by molar-refractivity contribution is 8.14. The van der Waals surface area contributed by atoms with Gasteiger partial charge in [-0.05, 0) is 36.5 Å². The minimum atomic E-state index is 0.590. The monoisotopic (exact) mass is 224 g/mol. The van der Waals surface area contributed by atoms with E-state index in [1.54, 1.807) is 0 Å². The van der Waals surface area contributed by atoms with Crippen LogP contribution in [0.25, 0.3) is 0 Å². The maximum Gasteiger partial charge on any atom is 0.156 e. The quantitative estimate of drug-likeness (QED) is 0.796. The second kappa shape index (κ2) is 3.41. The van der Waals surface area contributed by atoms with Gasteiger partial charge in [-0.1, -0.05) is 25.6 Å². The van der Waals surface area contributed by atoms with E-state index in [1.165, 1.54) is 24.4 Å². The number of hydrogen-bond acceptors (Lipinski definition) is 3. The summed E-state index contributed by atoms with van der Waals surface area (Å²) in [5.41, 5.74) is 0.590. The Morgan fingerprint density at radius 3 is 2.80 bits per heavy atom. The molecule has 2 nitrogen and oxygen atoms in total. The van der Waals surface area contributed by atoms with Gasteiger partial charge in [-0.15, -0.1) is 0 Å². The first kappa shape index (κ1) is 10.0. The SMILES string of the molecule is CC1(C)CC1CNC1=NCC(C2CC2)S1. The van der Waals surface area contributed by atoms with Crippen LogP contribution in [0.5, 0.6) is 0 Å². The van der Waals surface area contributed by atoms with Gasteiger partial charge in [0.1, 0.15) is 0 Å². The fourth-order valence-corrected chi connectivity index (χ4v) is 3.55. The van der Waals surface area contributed by atoms with Crippen molar-refractivity contribution in [3.63, 3.8) is 0 Å². The Labute approximate surface area is 96.3 Å². The fourth-order valence-electron chi connectivity index (χ4n) is 2.34. The molecule has 1 aliphatic heterocycles. The van der Waals surface area contributed by atoms with Crippen LogP contribution in [0.4, 0.5) is 0 Å². The first-order valence-electron chi connectivity index (χ1n) is 6.10. The minimum absolute atomic E-state index is 0.590. The van der Waals surface area contributed by atoms with Crippen molar-refractivity contribution in [1.82, 2.24) is 5.32 Å². The molecule has 0 aromatic heterocycles. The molecule has 0 bridgehead atoms. The van der Waals surface area contributed by atoms with Crippen LogP contribution in [-0.4, -0.2) is 23.5 Å². The third-order valence-corrected chi connectivity index (χ3v) is 5.38. The Hall–Kier alpha value is -0.180. The summed E-state index contributed by atoms with van der Waals surface area (Å²) in [6.45, 7) is 6.91. The van der Waals surface area contributed by atoms with Gasteiger partial charge in [0.05, 0.1) is 6.54 Å². The van der Waals surface area contributed by atoms with Crippen molar-refractivity contribution < 1.29 is 0 Å². The van der Waals surface area contributed by atoms with Gasteiger partial charge in [0.25, 0.3) is 0 Å². The third kappa shape index (κ3) is 2.17. The zero-order valence-corrected chi connectivity index (χ0v) is 10.4. The number of amidine groups is 1. The van der Waals surface area contributed by atoms with Crippen molar-refractivity contribution in [1.29, 1.82) is 0 Å². The molecule has 2 saturated carbocycles. The summed E-state index contributed by atoms with van der Waals surface area (Å²) < 4.78 is 0. The molecule has 15 heavy (non-hydrogen) atoms. The third-order valence-electron chi connectivity index (χ3n) is 4.04. The van der Waals surface area contributed by atoms with Crippen molar-refractivity contribution in [2.75, 3.05) is 13.1 Å². The number of rotatable bonds is 3. The zero-order chi connectivity index (χ0) is 10.5. The summed E-state index contributed by atoms with van der Waals surface area (Å²) in [5, 5.41) is 5.55. The molecule has 0 aromatic rings. The van der Waals surface area contributed by atoms with Crippen LogP contribution < -0.4 is 5.32 Å². The molecular weight excluding hydrogens is 204 g/mol. The average molecular weight is 224 g/mol. The molecule has 0 amide bonds. The zero-order valence-electron chi connectivity index (χ0n) is 9.62. The summed E-state index contributed by atoms with van der Waals surface area (Å²) in [4.78, 5) is 4.59. The first-order chi connectivity index (χ1) is 7.15. The van der Waals surface area contributed by atoms with Crippen molar-refractivity contribution in [3.8, 4) is 0 Å². The maximum absolute atomic E-state index is 4.59. The lowest BCUT2D eigenvalue weighted by molar-refractivity contribution is 0.552. The molecule has 2 atom stereocenters. The minimum Gasteiger partial charge on any atom is -0.365 e. The molecule has 3 heteroatoms. The van der Waals surface area contributed by atoms with Crippen molar-refractivity contribution >= 4 is 16.9 Å². The predicted molar refractivity (Wildman–Crippen MR) is 66.3 cm³/mol. The van der Waals surface area contributed by atoms with Gasteiger partial charge in [-0.2, -0.15) is 0 Å². The first-order valence-corrected chi connectivity index (χ1v) is 6.98. The van der Waals surface area contributed by atoms with E-state index in [0.717, 1.165) is 30.2 Å². The Bertz CT molecular complexity index is 294. The molecule has 2 aliphatic carbocycles. The van der Waals surface area contributed by atoms with E-state index in [4.69, 9.17) is 0 Å². The molecule has 2 fully saturated rings. The van der Waals surface area contributed by atoms with Crippen LogP contribution in [-0.2, 0) is 0 Å². The highest BCUT2D eigenvalue weighted by atomic mass is 32.2. The summed E-state index contributed by atoms with van der Waals surface area (Å²) in [5.74, 6) is 1.86. The second-order valence-corrected chi connectivity index (χ2v) is 7.14. The van der Waals surface area contributed by atoms with Crippen LogP contribution >= 0.6 is 11.8 Å². The van der Waals surface area contributed by atoms with Crippen LogP contribution in [0.15, 0.2) is 4.99 Å². The summed E-state index contributed by atoms with van der Waals surface area (Å²) in [7, 11) is 0. The molecule has 1 heterocycles. The molecule has 3 rings (SSSR count). The van der Waals surface area contributed by atoms with Crippen molar-refractivity contribution in [2.24, 2.45) is 22.2 Å². The fraction of sp³-hybridized carbons (Fsp3) is 0.917. The van der Waals surface area contributed by atoms with E-state index in [0.29, 0.717) is 5.41 Å². The van der Waals surface area contributed by atoms with E-state index in [1.807, 2.05) is 11.8 Å². The summed E-state index contributed by atoms with van der Waals surface area (Å²) >= 11 is 1.99. The predicted octanol–water partition coefficient (Wildman–Crippen LogP) is 2.50. The lowest BCUT2D eigenvalue weighted by Crippen LogP contribution is -2.23. The number of thioether (sulfide) groups is 1. The number of aliphatic imine (C=N–C) groups is 1. The van der Waals surface area contributed by atoms with Crippen molar-refractivity contribution in [3.05, 3.63) is 0 Å². The van der Waals surface area contributed by atoms with Crippen LogP contribution in [0, 0.1) is 17.3 Å². The molecule has 0 aromatic carbocycles. The molecule has 1 N–H and O–H groups in total. The lowest BCUT2D eigenvalue weighted by Gasteiger charge is -2.08. The highest BCUT2D eigenvalue weighted by Gasteiger charge is 2.45. The number of hydrogen-bond donors (Lipinski definition) is 1. The van der Waals surface area contributed by atoms with E-state index in [-0.39, 0.29) is 0 Å². The van der Waals surface area contributed by atoms with E-state index in [9.17, 15) is 0 Å². The van der Waals surface area contributed by atoms with Crippen LogP contribution in [0.3, 0.4) is 0 Å². The highest BCUT2D eigenvalue weighted by Crippen LogP contribution is 2.51. The molecule has 3 aliphatic rings. The van der Waals surface area contributed by atoms with E-state index in [2.05, 4.69) is 24.2 Å². The van der Waals surface area contributed by atoms with Crippen molar-refractivity contribution in [2.45, 2.75) is 38.4 Å². The Morgan fingerprint density at radius 1 is 1.47 bits per heavy atom. The molecule has 2 unspecified atom stereocenters. The average Bonchev–Trinajstić information content (AvgIpc) is 3.07. The Kier molecular flexibility index (Phi) is 2.27. The molecule has 84 valence electrons. The molecule has 0 saturated heterocycles. The van der Waals surface area contributed by atoms with Crippen LogP contribution in [0.2, 0.25) is 0 Å². The van der Waals surface area contributed by atoms with Crippen LogP contribution in [0.1, 0.15) is 33.1 Å². The normalized spacial score (nSPS) is 37.6. The van der Waals surface area contributed by atoms with Gasteiger partial charge in [0.15, 0.2) is 5.17 Å². The Balaban J connectivity index is 1.41. The number of nitrogens with one attached hydrogen (secondary N) is 1. The molecule has 0 spiro atoms. The summed E-state index contributed by atoms with van der Waals surface area (Å²) in [6, 6.07) is 0. The van der Waals surface area contributed by atoms with Gasteiger partial charge < -0.3 is 5.32 Å². The maximum atomic E-state index is 4.59. The standard InChI is InChI=1S/C12H20N2S/c1-12(2)5-9(12)6-13-11-14-7-10(15-11)8-3-4-8/h8-10H,3-7H2,1-2H3,(H,13,14). The summed E-state index contributed by atoms with van der Waals surface area (Å²) in [6.07, 6.45) is 4.26. The van der Waals surface area contributed by atoms with E-state index >= 15 is 0 Å². The molecular formula is C12H20N2S. The number of nitrogens with zero attached hydrogens (tertiary/aromatic N) is 1. The lowest BCUT2D eigenvalue weighted by atomic mass is 10.1. The van der Waals surface area contributed by atoms with Gasteiger partial charge in [-0.25, -0.2) is 0 Å². The second-order valence-electron chi connectivity index (χ2n) is 5.91.